The molecule has 0 saturated heterocycles. The van der Waals surface area contributed by atoms with Crippen molar-refractivity contribution in [2.75, 3.05) is 16.5 Å². The van der Waals surface area contributed by atoms with E-state index < -0.39 is 0 Å². The molecule has 0 radical (unpaired) electrons. The van der Waals surface area contributed by atoms with E-state index in [0.29, 0.717) is 33.3 Å². The number of halogens is 2. The number of carbonyl (C=O) groups excluding carboxylic acids is 1. The number of hydrogen-bond donors (Lipinski definition) is 1. The number of carbonyl (C=O) groups is 1. The van der Waals surface area contributed by atoms with Crippen LogP contribution in [0.1, 0.15) is 21.6 Å². The van der Waals surface area contributed by atoms with Crippen molar-refractivity contribution >= 4 is 34.7 Å². The summed E-state index contributed by atoms with van der Waals surface area (Å²) in [7, 11) is 0. The lowest BCUT2D eigenvalue weighted by Crippen LogP contribution is -2.46. The minimum atomic E-state index is -0.341. The van der Waals surface area contributed by atoms with Crippen LogP contribution in [0.2, 0.25) is 5.02 Å². The molecule has 142 valence electrons. The van der Waals surface area contributed by atoms with E-state index in [1.165, 1.54) is 29.3 Å². The first-order valence-corrected chi connectivity index (χ1v) is 8.94. The quantitative estimate of drug-likeness (QED) is 0.710. The zero-order valence-electron chi connectivity index (χ0n) is 15.2. The Kier molecular flexibility index (Phi) is 4.39. The van der Waals surface area contributed by atoms with E-state index in [-0.39, 0.29) is 24.0 Å². The van der Waals surface area contributed by atoms with Crippen LogP contribution in [0.4, 0.5) is 21.6 Å². The van der Waals surface area contributed by atoms with Crippen LogP contribution in [-0.4, -0.2) is 22.5 Å². The fraction of sp³-hybridized carbons (Fsp3) is 0.150. The van der Waals surface area contributed by atoms with Gasteiger partial charge in [-0.1, -0.05) is 11.6 Å². The summed E-state index contributed by atoms with van der Waals surface area (Å²) < 4.78 is 13.6. The molecule has 28 heavy (non-hydrogen) atoms. The smallest absolute Gasteiger partial charge is 0.263 e. The first kappa shape index (κ1) is 18.2. The predicted octanol–water partition coefficient (Wildman–Crippen LogP) is 3.94. The molecule has 0 fully saturated rings. The number of aryl methyl sites for hydroxylation is 2. The van der Waals surface area contributed by atoms with Crippen LogP contribution < -0.4 is 15.4 Å². The molecule has 1 aromatic carbocycles. The maximum atomic E-state index is 13.6. The molecule has 0 spiro atoms. The Bertz CT molecular complexity index is 1160. The van der Waals surface area contributed by atoms with Gasteiger partial charge in [-0.05, 0) is 49.7 Å². The number of pyridine rings is 2. The van der Waals surface area contributed by atoms with Crippen molar-refractivity contribution < 1.29 is 9.18 Å². The standard InChI is InChI=1S/C20H16ClFN4O2/c1-11-7-14(22)3-4-16(11)25-10-26(17-5-6-18(27)24-12(17)2)20(28)15-8-13(21)9-23-19(15)25/h3-9H,10H2,1-2H3,(H,24,27). The number of H-pyrrole nitrogens is 1. The summed E-state index contributed by atoms with van der Waals surface area (Å²) >= 11 is 6.08. The van der Waals surface area contributed by atoms with Crippen LogP contribution >= 0.6 is 11.6 Å². The molecule has 0 bridgehead atoms. The Morgan fingerprint density at radius 1 is 1.07 bits per heavy atom. The van der Waals surface area contributed by atoms with E-state index >= 15 is 0 Å². The minimum absolute atomic E-state index is 0.153. The van der Waals surface area contributed by atoms with E-state index in [1.807, 2.05) is 4.90 Å². The van der Waals surface area contributed by atoms with Crippen molar-refractivity contribution in [2.24, 2.45) is 0 Å². The van der Waals surface area contributed by atoms with E-state index in [1.54, 1.807) is 32.0 Å². The van der Waals surface area contributed by atoms with Gasteiger partial charge in [0.15, 0.2) is 0 Å². The first-order chi connectivity index (χ1) is 13.3. The highest BCUT2D eigenvalue weighted by Gasteiger charge is 2.33. The molecular weight excluding hydrogens is 383 g/mol. The van der Waals surface area contributed by atoms with Gasteiger partial charge in [0, 0.05) is 23.6 Å². The summed E-state index contributed by atoms with van der Waals surface area (Å²) in [5.41, 5.74) is 2.64. The summed E-state index contributed by atoms with van der Waals surface area (Å²) in [6, 6.07) is 8.98. The van der Waals surface area contributed by atoms with Gasteiger partial charge in [0.2, 0.25) is 5.56 Å². The van der Waals surface area contributed by atoms with Crippen LogP contribution in [0.3, 0.4) is 0 Å². The molecule has 1 aliphatic heterocycles. The molecule has 4 rings (SSSR count). The lowest BCUT2D eigenvalue weighted by Gasteiger charge is -2.38. The van der Waals surface area contributed by atoms with Crippen molar-refractivity contribution in [2.45, 2.75) is 13.8 Å². The van der Waals surface area contributed by atoms with E-state index in [0.717, 1.165) is 5.69 Å². The van der Waals surface area contributed by atoms with Crippen LogP contribution in [0.25, 0.3) is 0 Å². The minimum Gasteiger partial charge on any atom is -0.324 e. The Morgan fingerprint density at radius 3 is 2.54 bits per heavy atom. The summed E-state index contributed by atoms with van der Waals surface area (Å²) in [5, 5.41) is 0.336. The number of fused-ring (bicyclic) bond motifs is 1. The van der Waals surface area contributed by atoms with Gasteiger partial charge in [0.25, 0.3) is 5.91 Å². The second kappa shape index (κ2) is 6.76. The number of anilines is 3. The third-order valence-corrected chi connectivity index (χ3v) is 4.88. The lowest BCUT2D eigenvalue weighted by atomic mass is 10.1. The molecule has 1 amide bonds. The van der Waals surface area contributed by atoms with Gasteiger partial charge < -0.3 is 9.88 Å². The van der Waals surface area contributed by atoms with Crippen LogP contribution in [0.15, 0.2) is 47.4 Å². The van der Waals surface area contributed by atoms with Crippen LogP contribution in [0.5, 0.6) is 0 Å². The molecule has 1 aliphatic rings. The van der Waals surface area contributed by atoms with Crippen molar-refractivity contribution in [3.63, 3.8) is 0 Å². The molecule has 8 heteroatoms. The Hall–Kier alpha value is -3.19. The zero-order chi connectivity index (χ0) is 20.0. The molecule has 0 aliphatic carbocycles. The van der Waals surface area contributed by atoms with E-state index in [4.69, 9.17) is 11.6 Å². The first-order valence-electron chi connectivity index (χ1n) is 8.56. The van der Waals surface area contributed by atoms with Crippen molar-refractivity contribution in [3.8, 4) is 0 Å². The summed E-state index contributed by atoms with van der Waals surface area (Å²) in [6.07, 6.45) is 1.47. The number of aromatic nitrogens is 2. The number of benzene rings is 1. The molecule has 1 N–H and O–H groups in total. The van der Waals surface area contributed by atoms with Gasteiger partial charge in [-0.3, -0.25) is 14.5 Å². The average Bonchev–Trinajstić information content (AvgIpc) is 2.64. The summed E-state index contributed by atoms with van der Waals surface area (Å²) in [6.45, 7) is 3.67. The van der Waals surface area contributed by atoms with Crippen molar-refractivity contribution in [3.05, 3.63) is 80.6 Å². The Labute approximate surface area is 165 Å². The molecule has 0 unspecified atom stereocenters. The highest BCUT2D eigenvalue weighted by Crippen LogP contribution is 2.37. The third kappa shape index (κ3) is 3.03. The van der Waals surface area contributed by atoms with Crippen LogP contribution in [-0.2, 0) is 0 Å². The number of amides is 1. The fourth-order valence-corrected chi connectivity index (χ4v) is 3.54. The van der Waals surface area contributed by atoms with E-state index in [9.17, 15) is 14.0 Å². The molecule has 0 atom stereocenters. The van der Waals surface area contributed by atoms with Gasteiger partial charge in [-0.25, -0.2) is 9.37 Å². The highest BCUT2D eigenvalue weighted by atomic mass is 35.5. The second-order valence-electron chi connectivity index (χ2n) is 6.59. The number of nitrogens with one attached hydrogen (secondary N) is 1. The van der Waals surface area contributed by atoms with Crippen molar-refractivity contribution in [1.82, 2.24) is 9.97 Å². The lowest BCUT2D eigenvalue weighted by molar-refractivity contribution is 0.0982. The van der Waals surface area contributed by atoms with Gasteiger partial charge in [0.05, 0.1) is 16.3 Å². The second-order valence-corrected chi connectivity index (χ2v) is 7.03. The predicted molar refractivity (Wildman–Crippen MR) is 106 cm³/mol. The molecule has 2 aromatic heterocycles. The molecular formula is C20H16ClFN4O2. The number of nitrogens with zero attached hydrogens (tertiary/aromatic N) is 3. The largest absolute Gasteiger partial charge is 0.324 e. The Morgan fingerprint density at radius 2 is 1.82 bits per heavy atom. The normalized spacial score (nSPS) is 13.6. The zero-order valence-corrected chi connectivity index (χ0v) is 15.9. The monoisotopic (exact) mass is 398 g/mol. The maximum absolute atomic E-state index is 13.6. The van der Waals surface area contributed by atoms with Crippen molar-refractivity contribution in [1.29, 1.82) is 0 Å². The molecule has 3 aromatic rings. The summed E-state index contributed by atoms with van der Waals surface area (Å²) in [5.74, 6) is -0.175. The van der Waals surface area contributed by atoms with Crippen LogP contribution in [0, 0.1) is 19.7 Å². The van der Waals surface area contributed by atoms with E-state index in [2.05, 4.69) is 9.97 Å². The fourth-order valence-electron chi connectivity index (χ4n) is 3.38. The molecule has 0 saturated carbocycles. The maximum Gasteiger partial charge on any atom is 0.263 e. The number of hydrogen-bond acceptors (Lipinski definition) is 4. The topological polar surface area (TPSA) is 69.3 Å². The SMILES string of the molecule is Cc1cc(F)ccc1N1CN(c2ccc(=O)[nH]c2C)C(=O)c2cc(Cl)cnc21. The third-order valence-electron chi connectivity index (χ3n) is 4.68. The van der Waals surface area contributed by atoms with Gasteiger partial charge in [0.1, 0.15) is 18.3 Å². The van der Waals surface area contributed by atoms with Gasteiger partial charge in [-0.15, -0.1) is 0 Å². The molecule has 6 nitrogen and oxygen atoms in total. The highest BCUT2D eigenvalue weighted by molar-refractivity contribution is 6.31. The average molecular weight is 399 g/mol. The van der Waals surface area contributed by atoms with Gasteiger partial charge in [-0.2, -0.15) is 0 Å². The number of rotatable bonds is 2. The number of aromatic amines is 1. The molecule has 3 heterocycles. The summed E-state index contributed by atoms with van der Waals surface area (Å²) in [4.78, 5) is 35.2. The van der Waals surface area contributed by atoms with Gasteiger partial charge >= 0.3 is 0 Å². The Balaban J connectivity index is 1.90.